The van der Waals surface area contributed by atoms with E-state index in [0.717, 1.165) is 12.0 Å². The Kier molecular flexibility index (Phi) is 4.66. The highest BCUT2D eigenvalue weighted by Gasteiger charge is 2.32. The summed E-state index contributed by atoms with van der Waals surface area (Å²) in [6.07, 6.45) is 1.75. The highest BCUT2D eigenvalue weighted by atomic mass is 16.4. The lowest BCUT2D eigenvalue weighted by molar-refractivity contribution is -0.145. The number of carboxylic acid groups (broad SMARTS) is 1. The molecular formula is C13H19NO3. The zero-order valence-electron chi connectivity index (χ0n) is 10.0. The monoisotopic (exact) mass is 237 g/mol. The lowest BCUT2D eigenvalue weighted by Crippen LogP contribution is -2.51. The third-order valence-corrected chi connectivity index (χ3v) is 3.00. The molecule has 0 radical (unpaired) electrons. The van der Waals surface area contributed by atoms with E-state index < -0.39 is 18.1 Å². The summed E-state index contributed by atoms with van der Waals surface area (Å²) in [5.74, 6) is -1.16. The number of carboxylic acids is 1. The first-order chi connectivity index (χ1) is 8.01. The van der Waals surface area contributed by atoms with Crippen molar-refractivity contribution in [1.29, 1.82) is 0 Å². The van der Waals surface area contributed by atoms with Crippen LogP contribution < -0.4 is 5.73 Å². The van der Waals surface area contributed by atoms with Crippen LogP contribution in [0.3, 0.4) is 0 Å². The van der Waals surface area contributed by atoms with Crippen molar-refractivity contribution in [1.82, 2.24) is 0 Å². The molecule has 4 heteroatoms. The number of aliphatic carboxylic acids is 1. The van der Waals surface area contributed by atoms with E-state index in [1.807, 2.05) is 24.3 Å². The van der Waals surface area contributed by atoms with E-state index in [0.29, 0.717) is 6.42 Å². The normalized spacial score (nSPS) is 14.3. The fraction of sp³-hybridized carbons (Fsp3) is 0.462. The molecule has 0 aromatic heterocycles. The van der Waals surface area contributed by atoms with Crippen molar-refractivity contribution in [3.63, 3.8) is 0 Å². The number of benzene rings is 1. The number of nitrogens with two attached hydrogens (primary N) is 1. The van der Waals surface area contributed by atoms with E-state index in [1.54, 1.807) is 0 Å². The molecule has 17 heavy (non-hydrogen) atoms. The quantitative estimate of drug-likeness (QED) is 0.688. The molecule has 0 aliphatic rings. The van der Waals surface area contributed by atoms with Gasteiger partial charge in [-0.2, -0.15) is 0 Å². The smallest absolute Gasteiger partial charge is 0.326 e. The fourth-order valence-corrected chi connectivity index (χ4v) is 1.56. The van der Waals surface area contributed by atoms with Gasteiger partial charge in [-0.25, -0.2) is 0 Å². The highest BCUT2D eigenvalue weighted by molar-refractivity contribution is 5.78. The molecule has 1 unspecified atom stereocenters. The van der Waals surface area contributed by atoms with Crippen LogP contribution in [-0.4, -0.2) is 28.3 Å². The summed E-state index contributed by atoms with van der Waals surface area (Å²) in [6.45, 7) is 1.53. The van der Waals surface area contributed by atoms with Crippen LogP contribution in [-0.2, 0) is 17.6 Å². The first-order valence-corrected chi connectivity index (χ1v) is 5.73. The third-order valence-electron chi connectivity index (χ3n) is 3.00. The topological polar surface area (TPSA) is 83.5 Å². The van der Waals surface area contributed by atoms with Crippen LogP contribution in [0, 0.1) is 0 Å². The summed E-state index contributed by atoms with van der Waals surface area (Å²) < 4.78 is 0. The second kappa shape index (κ2) is 5.80. The van der Waals surface area contributed by atoms with E-state index in [4.69, 9.17) is 15.9 Å². The van der Waals surface area contributed by atoms with Gasteiger partial charge in [0.1, 0.15) is 5.54 Å². The molecule has 0 bridgehead atoms. The Morgan fingerprint density at radius 2 is 1.82 bits per heavy atom. The van der Waals surface area contributed by atoms with Gasteiger partial charge in [-0.05, 0) is 30.4 Å². The molecule has 0 heterocycles. The van der Waals surface area contributed by atoms with Crippen LogP contribution in [0.4, 0.5) is 0 Å². The minimum atomic E-state index is -1.54. The van der Waals surface area contributed by atoms with Gasteiger partial charge in [0, 0.05) is 0 Å². The average Bonchev–Trinajstić information content (AvgIpc) is 2.36. The van der Waals surface area contributed by atoms with E-state index in [9.17, 15) is 4.79 Å². The summed E-state index contributed by atoms with van der Waals surface area (Å²) in [5.41, 5.74) is 6.33. The number of carbonyl (C=O) groups is 1. The lowest BCUT2D eigenvalue weighted by atomic mass is 9.93. The molecule has 4 nitrogen and oxygen atoms in total. The number of hydrogen-bond acceptors (Lipinski definition) is 3. The van der Waals surface area contributed by atoms with Crippen molar-refractivity contribution < 1.29 is 15.0 Å². The Labute approximate surface area is 101 Å². The summed E-state index contributed by atoms with van der Waals surface area (Å²) in [7, 11) is 0. The van der Waals surface area contributed by atoms with Gasteiger partial charge in [0.05, 0.1) is 6.61 Å². The Morgan fingerprint density at radius 1 is 1.29 bits per heavy atom. The van der Waals surface area contributed by atoms with Gasteiger partial charge in [0.15, 0.2) is 0 Å². The second-order valence-electron chi connectivity index (χ2n) is 4.29. The van der Waals surface area contributed by atoms with Gasteiger partial charge < -0.3 is 15.9 Å². The summed E-state index contributed by atoms with van der Waals surface area (Å²) in [6, 6.07) is 7.98. The Morgan fingerprint density at radius 3 is 2.24 bits per heavy atom. The van der Waals surface area contributed by atoms with E-state index in [1.165, 1.54) is 5.56 Å². The largest absolute Gasteiger partial charge is 0.480 e. The molecule has 0 fully saturated rings. The molecule has 4 N–H and O–H groups in total. The molecule has 0 amide bonds. The number of aliphatic hydroxyl groups excluding tert-OH is 1. The van der Waals surface area contributed by atoms with Gasteiger partial charge in [-0.1, -0.05) is 31.2 Å². The molecular weight excluding hydrogens is 218 g/mol. The number of aryl methyl sites for hydroxylation is 2. The van der Waals surface area contributed by atoms with Gasteiger partial charge in [0.2, 0.25) is 0 Å². The molecule has 0 saturated heterocycles. The van der Waals surface area contributed by atoms with Crippen LogP contribution in [0.5, 0.6) is 0 Å². The first-order valence-electron chi connectivity index (χ1n) is 5.73. The van der Waals surface area contributed by atoms with E-state index >= 15 is 0 Å². The van der Waals surface area contributed by atoms with Crippen LogP contribution in [0.15, 0.2) is 24.3 Å². The molecule has 1 atom stereocenters. The Bertz CT molecular complexity index is 375. The van der Waals surface area contributed by atoms with E-state index in [2.05, 4.69) is 6.92 Å². The van der Waals surface area contributed by atoms with E-state index in [-0.39, 0.29) is 6.42 Å². The minimum Gasteiger partial charge on any atom is -0.480 e. The zero-order chi connectivity index (χ0) is 12.9. The van der Waals surface area contributed by atoms with Crippen LogP contribution in [0.2, 0.25) is 0 Å². The predicted octanol–water partition coefficient (Wildman–Crippen LogP) is 0.956. The SMILES string of the molecule is CCc1ccc(CCC(N)(CO)C(=O)O)cc1. The standard InChI is InChI=1S/C13H19NO3/c1-2-10-3-5-11(6-4-10)7-8-13(14,9-15)12(16)17/h3-6,15H,2,7-9,14H2,1H3,(H,16,17). The average molecular weight is 237 g/mol. The van der Waals surface area contributed by atoms with Gasteiger partial charge in [-0.3, -0.25) is 4.79 Å². The maximum Gasteiger partial charge on any atom is 0.326 e. The van der Waals surface area contributed by atoms with Crippen molar-refractivity contribution in [2.75, 3.05) is 6.61 Å². The Hall–Kier alpha value is -1.39. The van der Waals surface area contributed by atoms with Crippen molar-refractivity contribution in [3.8, 4) is 0 Å². The molecule has 0 aliphatic carbocycles. The third kappa shape index (κ3) is 3.54. The minimum absolute atomic E-state index is 0.226. The fourth-order valence-electron chi connectivity index (χ4n) is 1.56. The second-order valence-corrected chi connectivity index (χ2v) is 4.29. The predicted molar refractivity (Wildman–Crippen MR) is 65.8 cm³/mol. The van der Waals surface area contributed by atoms with Gasteiger partial charge in [-0.15, -0.1) is 0 Å². The van der Waals surface area contributed by atoms with Crippen LogP contribution in [0.1, 0.15) is 24.5 Å². The summed E-state index contributed by atoms with van der Waals surface area (Å²) in [5, 5.41) is 17.9. The first kappa shape index (κ1) is 13.7. The molecule has 94 valence electrons. The lowest BCUT2D eigenvalue weighted by Gasteiger charge is -2.21. The maximum absolute atomic E-state index is 10.9. The van der Waals surface area contributed by atoms with Gasteiger partial charge >= 0.3 is 5.97 Å². The van der Waals surface area contributed by atoms with Crippen LogP contribution >= 0.6 is 0 Å². The molecule has 0 spiro atoms. The summed E-state index contributed by atoms with van der Waals surface area (Å²) in [4.78, 5) is 10.9. The van der Waals surface area contributed by atoms with Crippen molar-refractivity contribution in [2.45, 2.75) is 31.7 Å². The maximum atomic E-state index is 10.9. The number of rotatable bonds is 6. The molecule has 1 aromatic rings. The van der Waals surface area contributed by atoms with Crippen LogP contribution in [0.25, 0.3) is 0 Å². The number of hydrogen-bond donors (Lipinski definition) is 3. The van der Waals surface area contributed by atoms with Crippen molar-refractivity contribution in [2.24, 2.45) is 5.73 Å². The zero-order valence-corrected chi connectivity index (χ0v) is 10.0. The molecule has 1 aromatic carbocycles. The molecule has 1 rings (SSSR count). The van der Waals surface area contributed by atoms with Gasteiger partial charge in [0.25, 0.3) is 0 Å². The molecule has 0 aliphatic heterocycles. The highest BCUT2D eigenvalue weighted by Crippen LogP contribution is 2.13. The molecule has 0 saturated carbocycles. The number of aliphatic hydroxyl groups is 1. The van der Waals surface area contributed by atoms with Crippen molar-refractivity contribution in [3.05, 3.63) is 35.4 Å². The summed E-state index contributed by atoms with van der Waals surface area (Å²) >= 11 is 0. The Balaban J connectivity index is 2.63. The van der Waals surface area contributed by atoms with Crippen molar-refractivity contribution >= 4 is 5.97 Å².